The minimum absolute atomic E-state index is 0.220. The molecule has 6 nitrogen and oxygen atoms in total. The van der Waals surface area contributed by atoms with Crippen molar-refractivity contribution in [1.82, 2.24) is 19.7 Å². The number of para-hydroxylation sites is 2. The van der Waals surface area contributed by atoms with Crippen LogP contribution < -0.4 is 4.90 Å². The molecule has 1 fully saturated rings. The largest absolute Gasteiger partial charge is 0.423 e. The summed E-state index contributed by atoms with van der Waals surface area (Å²) in [4.78, 5) is 6.95. The van der Waals surface area contributed by atoms with E-state index in [2.05, 4.69) is 24.6 Å². The Kier molecular flexibility index (Phi) is 3.28. The summed E-state index contributed by atoms with van der Waals surface area (Å²) in [6.45, 7) is 2.00. The van der Waals surface area contributed by atoms with Crippen LogP contribution in [-0.2, 0) is 13.0 Å². The average molecular weight is 323 g/mol. The van der Waals surface area contributed by atoms with Crippen LogP contribution in [0.4, 0.5) is 6.01 Å². The van der Waals surface area contributed by atoms with Crippen LogP contribution in [-0.4, -0.2) is 26.3 Å². The Hall–Kier alpha value is -2.37. The lowest BCUT2D eigenvalue weighted by atomic mass is 10.2. The molecule has 3 aromatic rings. The molecule has 2 aliphatic heterocycles. The predicted octanol–water partition coefficient (Wildman–Crippen LogP) is 3.49. The molecule has 0 saturated carbocycles. The molecule has 0 unspecified atom stereocenters. The summed E-state index contributed by atoms with van der Waals surface area (Å²) in [5, 5.41) is 9.02. The lowest BCUT2D eigenvalue weighted by Crippen LogP contribution is -2.25. The third-order valence-corrected chi connectivity index (χ3v) is 5.22. The van der Waals surface area contributed by atoms with E-state index >= 15 is 0 Å². The van der Waals surface area contributed by atoms with Gasteiger partial charge in [-0.15, -0.1) is 10.2 Å². The van der Waals surface area contributed by atoms with Crippen molar-refractivity contribution in [2.75, 3.05) is 11.4 Å². The zero-order valence-corrected chi connectivity index (χ0v) is 13.7. The van der Waals surface area contributed by atoms with Crippen molar-refractivity contribution in [3.63, 3.8) is 0 Å². The molecule has 0 amide bonds. The molecule has 24 heavy (non-hydrogen) atoms. The zero-order valence-electron chi connectivity index (χ0n) is 13.7. The molecule has 1 aromatic carbocycles. The maximum Gasteiger partial charge on any atom is 0.299 e. The molecule has 0 N–H and O–H groups in total. The molecule has 1 saturated heterocycles. The lowest BCUT2D eigenvalue weighted by molar-refractivity contribution is 0.520. The van der Waals surface area contributed by atoms with Crippen LogP contribution in [0.15, 0.2) is 28.7 Å². The van der Waals surface area contributed by atoms with Crippen LogP contribution in [0.2, 0.25) is 0 Å². The van der Waals surface area contributed by atoms with E-state index < -0.39 is 0 Å². The molecule has 0 bridgehead atoms. The Morgan fingerprint density at radius 1 is 1.00 bits per heavy atom. The molecular weight excluding hydrogens is 302 g/mol. The molecule has 2 aromatic heterocycles. The van der Waals surface area contributed by atoms with E-state index in [9.17, 15) is 0 Å². The quantitative estimate of drug-likeness (QED) is 0.722. The molecule has 0 radical (unpaired) electrons. The second-order valence-electron chi connectivity index (χ2n) is 6.75. The molecule has 1 atom stereocenters. The van der Waals surface area contributed by atoms with Gasteiger partial charge in [-0.3, -0.25) is 0 Å². The minimum Gasteiger partial charge on any atom is -0.423 e. The van der Waals surface area contributed by atoms with Crippen LogP contribution in [0.3, 0.4) is 0 Å². The molecule has 124 valence electrons. The van der Waals surface area contributed by atoms with E-state index in [1.165, 1.54) is 19.3 Å². The third kappa shape index (κ3) is 2.20. The normalized spacial score (nSPS) is 21.2. The van der Waals surface area contributed by atoms with Gasteiger partial charge in [0.15, 0.2) is 11.4 Å². The second-order valence-corrected chi connectivity index (χ2v) is 6.75. The van der Waals surface area contributed by atoms with Gasteiger partial charge >= 0.3 is 0 Å². The first-order valence-electron chi connectivity index (χ1n) is 8.94. The molecule has 2 aliphatic rings. The van der Waals surface area contributed by atoms with Crippen molar-refractivity contribution < 1.29 is 4.42 Å². The number of nitrogens with zero attached hydrogens (tertiary/aromatic N) is 5. The molecule has 5 rings (SSSR count). The topological polar surface area (TPSA) is 60.0 Å². The first-order chi connectivity index (χ1) is 11.9. The van der Waals surface area contributed by atoms with Gasteiger partial charge in [0.2, 0.25) is 0 Å². The highest BCUT2D eigenvalue weighted by molar-refractivity contribution is 5.74. The summed E-state index contributed by atoms with van der Waals surface area (Å²) in [6.07, 6.45) is 6.97. The minimum atomic E-state index is 0.220. The Bertz CT molecular complexity index is 834. The monoisotopic (exact) mass is 323 g/mol. The van der Waals surface area contributed by atoms with Crippen molar-refractivity contribution in [3.8, 4) is 0 Å². The smallest absolute Gasteiger partial charge is 0.299 e. The van der Waals surface area contributed by atoms with Crippen LogP contribution >= 0.6 is 0 Å². The van der Waals surface area contributed by atoms with Gasteiger partial charge < -0.3 is 13.9 Å². The summed E-state index contributed by atoms with van der Waals surface area (Å²) in [5.41, 5.74) is 1.76. The first kappa shape index (κ1) is 14.0. The SMILES string of the molecule is c1ccc2oc(N3CCC[C@@H]3c3nnc4n3CCCCC4)nc2c1. The molecular formula is C18H21N5O. The summed E-state index contributed by atoms with van der Waals surface area (Å²) in [5.74, 6) is 2.23. The number of aryl methyl sites for hydroxylation is 1. The fourth-order valence-corrected chi connectivity index (χ4v) is 4.00. The number of hydrogen-bond acceptors (Lipinski definition) is 5. The summed E-state index contributed by atoms with van der Waals surface area (Å²) in [7, 11) is 0. The van der Waals surface area contributed by atoms with Crippen molar-refractivity contribution in [3.05, 3.63) is 35.9 Å². The highest BCUT2D eigenvalue weighted by Crippen LogP contribution is 2.36. The lowest BCUT2D eigenvalue weighted by Gasteiger charge is -2.22. The Balaban J connectivity index is 1.52. The summed E-state index contributed by atoms with van der Waals surface area (Å²) in [6, 6.07) is 8.88. The van der Waals surface area contributed by atoms with Crippen LogP contribution in [0.5, 0.6) is 0 Å². The number of rotatable bonds is 2. The van der Waals surface area contributed by atoms with Gasteiger partial charge in [0.25, 0.3) is 6.01 Å². The van der Waals surface area contributed by atoms with Gasteiger partial charge in [-0.2, -0.15) is 4.98 Å². The maximum atomic E-state index is 6.01. The number of anilines is 1. The summed E-state index contributed by atoms with van der Waals surface area (Å²) >= 11 is 0. The molecule has 4 heterocycles. The van der Waals surface area contributed by atoms with Crippen molar-refractivity contribution >= 4 is 17.1 Å². The number of hydrogen-bond donors (Lipinski definition) is 0. The van der Waals surface area contributed by atoms with E-state index in [4.69, 9.17) is 4.42 Å². The molecule has 0 spiro atoms. The van der Waals surface area contributed by atoms with Crippen molar-refractivity contribution in [1.29, 1.82) is 0 Å². The van der Waals surface area contributed by atoms with E-state index in [1.807, 2.05) is 24.3 Å². The van der Waals surface area contributed by atoms with E-state index in [-0.39, 0.29) is 6.04 Å². The predicted molar refractivity (Wildman–Crippen MR) is 90.9 cm³/mol. The van der Waals surface area contributed by atoms with Crippen molar-refractivity contribution in [2.45, 2.75) is 51.1 Å². The third-order valence-electron chi connectivity index (χ3n) is 5.22. The zero-order chi connectivity index (χ0) is 15.9. The highest BCUT2D eigenvalue weighted by Gasteiger charge is 2.34. The fraction of sp³-hybridized carbons (Fsp3) is 0.500. The standard InChI is InChI=1S/C18H21N5O/c1-2-10-16-20-21-17(23(16)11-5-1)14-8-6-12-22(14)18-19-13-7-3-4-9-15(13)24-18/h3-4,7,9,14H,1-2,5-6,8,10-12H2/t14-/m1/s1. The second kappa shape index (κ2) is 5.61. The van der Waals surface area contributed by atoms with Gasteiger partial charge in [0.1, 0.15) is 11.3 Å². The Labute approximate surface area is 140 Å². The maximum absolute atomic E-state index is 6.01. The number of fused-ring (bicyclic) bond motifs is 2. The van der Waals surface area contributed by atoms with Gasteiger partial charge in [0.05, 0.1) is 6.04 Å². The number of oxazole rings is 1. The van der Waals surface area contributed by atoms with E-state index in [1.54, 1.807) is 0 Å². The Morgan fingerprint density at radius 3 is 2.92 bits per heavy atom. The van der Waals surface area contributed by atoms with Crippen molar-refractivity contribution in [2.24, 2.45) is 0 Å². The molecule has 6 heteroatoms. The van der Waals surface area contributed by atoms with Crippen LogP contribution in [0.1, 0.15) is 49.8 Å². The van der Waals surface area contributed by atoms with Gasteiger partial charge in [-0.1, -0.05) is 18.6 Å². The van der Waals surface area contributed by atoms with Crippen LogP contribution in [0, 0.1) is 0 Å². The van der Waals surface area contributed by atoms with Gasteiger partial charge in [0, 0.05) is 19.5 Å². The highest BCUT2D eigenvalue weighted by atomic mass is 16.4. The van der Waals surface area contributed by atoms with Gasteiger partial charge in [-0.05, 0) is 37.8 Å². The molecule has 0 aliphatic carbocycles. The van der Waals surface area contributed by atoms with E-state index in [0.717, 1.165) is 55.1 Å². The first-order valence-corrected chi connectivity index (χ1v) is 8.94. The average Bonchev–Trinajstić information content (AvgIpc) is 3.28. The number of benzene rings is 1. The van der Waals surface area contributed by atoms with E-state index in [0.29, 0.717) is 6.01 Å². The summed E-state index contributed by atoms with van der Waals surface area (Å²) < 4.78 is 8.35. The van der Waals surface area contributed by atoms with Crippen LogP contribution in [0.25, 0.3) is 11.1 Å². The fourth-order valence-electron chi connectivity index (χ4n) is 4.00. The van der Waals surface area contributed by atoms with Gasteiger partial charge in [-0.25, -0.2) is 0 Å². The number of aromatic nitrogens is 4. The Morgan fingerprint density at radius 2 is 1.96 bits per heavy atom.